The van der Waals surface area contributed by atoms with Gasteiger partial charge in [0.05, 0.1) is 21.2 Å². The quantitative estimate of drug-likeness (QED) is 0.439. The normalized spacial score (nSPS) is 10.9. The third kappa shape index (κ3) is 2.98. The minimum absolute atomic E-state index is 0.107. The van der Waals surface area contributed by atoms with Gasteiger partial charge in [-0.15, -0.1) is 0 Å². The molecular formula is C20H12Cl2FN3. The number of para-hydroxylation sites is 1. The van der Waals surface area contributed by atoms with Crippen molar-refractivity contribution in [2.45, 2.75) is 0 Å². The molecule has 0 bridgehead atoms. The van der Waals surface area contributed by atoms with Gasteiger partial charge >= 0.3 is 0 Å². The second-order valence-corrected chi connectivity index (χ2v) is 6.44. The topological polar surface area (TPSA) is 37.8 Å². The number of hydrogen-bond acceptors (Lipinski definition) is 3. The SMILES string of the molecule is Fc1c(-c2c(Cl)cccc2Cl)nc2ccccc2c1Nc1ccncc1. The van der Waals surface area contributed by atoms with Crippen molar-refractivity contribution in [3.8, 4) is 11.3 Å². The van der Waals surface area contributed by atoms with E-state index in [1.807, 2.05) is 24.3 Å². The van der Waals surface area contributed by atoms with Crippen LogP contribution in [0.3, 0.4) is 0 Å². The Morgan fingerprint density at radius 3 is 2.27 bits per heavy atom. The Balaban J connectivity index is 2.00. The average Bonchev–Trinajstić information content (AvgIpc) is 2.65. The first kappa shape index (κ1) is 16.8. The van der Waals surface area contributed by atoms with Crippen molar-refractivity contribution in [3.05, 3.63) is 82.9 Å². The summed E-state index contributed by atoms with van der Waals surface area (Å²) >= 11 is 12.6. The van der Waals surface area contributed by atoms with Crippen LogP contribution in [0.25, 0.3) is 22.2 Å². The molecular weight excluding hydrogens is 372 g/mol. The van der Waals surface area contributed by atoms with E-state index in [0.717, 1.165) is 0 Å². The van der Waals surface area contributed by atoms with Crippen LogP contribution >= 0.6 is 23.2 Å². The van der Waals surface area contributed by atoms with Crippen LogP contribution in [0.2, 0.25) is 10.0 Å². The standard InChI is InChI=1S/C20H12Cl2FN3/c21-14-5-3-6-15(22)17(14)20-18(23)19(25-12-8-10-24-11-9-12)13-4-1-2-7-16(13)26-20/h1-11H,(H,24,25,26). The van der Waals surface area contributed by atoms with Gasteiger partial charge in [0.1, 0.15) is 5.69 Å². The fourth-order valence-electron chi connectivity index (χ4n) is 2.78. The molecule has 0 fully saturated rings. The smallest absolute Gasteiger partial charge is 0.173 e. The molecule has 2 heterocycles. The summed E-state index contributed by atoms with van der Waals surface area (Å²) in [5.41, 5.74) is 2.14. The minimum atomic E-state index is -0.518. The molecule has 1 N–H and O–H groups in total. The summed E-state index contributed by atoms with van der Waals surface area (Å²) in [7, 11) is 0. The van der Waals surface area contributed by atoms with Crippen molar-refractivity contribution in [2.24, 2.45) is 0 Å². The Morgan fingerprint density at radius 2 is 1.54 bits per heavy atom. The highest BCUT2D eigenvalue weighted by molar-refractivity contribution is 6.39. The highest BCUT2D eigenvalue weighted by atomic mass is 35.5. The van der Waals surface area contributed by atoms with Gasteiger partial charge in [-0.25, -0.2) is 9.37 Å². The largest absolute Gasteiger partial charge is 0.352 e. The Labute approximate surface area is 159 Å². The molecule has 0 amide bonds. The highest BCUT2D eigenvalue weighted by Crippen LogP contribution is 2.39. The molecule has 4 aromatic rings. The zero-order valence-electron chi connectivity index (χ0n) is 13.4. The predicted octanol–water partition coefficient (Wildman–Crippen LogP) is 6.49. The predicted molar refractivity (Wildman–Crippen MR) is 105 cm³/mol. The molecule has 4 rings (SSSR count). The average molecular weight is 384 g/mol. The molecule has 0 unspecified atom stereocenters. The first-order valence-electron chi connectivity index (χ1n) is 7.85. The maximum absolute atomic E-state index is 15.5. The molecule has 0 spiro atoms. The summed E-state index contributed by atoms with van der Waals surface area (Å²) in [6.07, 6.45) is 3.27. The van der Waals surface area contributed by atoms with E-state index >= 15 is 4.39 Å². The van der Waals surface area contributed by atoms with Crippen LogP contribution in [-0.4, -0.2) is 9.97 Å². The van der Waals surface area contributed by atoms with Crippen molar-refractivity contribution in [2.75, 3.05) is 5.32 Å². The summed E-state index contributed by atoms with van der Waals surface area (Å²) in [5, 5.41) is 4.47. The number of anilines is 2. The van der Waals surface area contributed by atoms with Crippen molar-refractivity contribution >= 4 is 45.5 Å². The summed E-state index contributed by atoms with van der Waals surface area (Å²) in [6, 6.07) is 15.9. The van der Waals surface area contributed by atoms with E-state index in [2.05, 4.69) is 15.3 Å². The maximum atomic E-state index is 15.5. The lowest BCUT2D eigenvalue weighted by Gasteiger charge is -2.15. The van der Waals surface area contributed by atoms with Gasteiger partial charge in [-0.2, -0.15) is 0 Å². The fourth-order valence-corrected chi connectivity index (χ4v) is 3.36. The second-order valence-electron chi connectivity index (χ2n) is 5.62. The number of nitrogens with one attached hydrogen (secondary N) is 1. The molecule has 0 saturated carbocycles. The van der Waals surface area contributed by atoms with Gasteiger partial charge in [-0.05, 0) is 30.3 Å². The van der Waals surface area contributed by atoms with Crippen molar-refractivity contribution in [3.63, 3.8) is 0 Å². The molecule has 26 heavy (non-hydrogen) atoms. The molecule has 2 aromatic heterocycles. The molecule has 0 aliphatic heterocycles. The zero-order chi connectivity index (χ0) is 18.1. The fraction of sp³-hybridized carbons (Fsp3) is 0. The Morgan fingerprint density at radius 1 is 0.846 bits per heavy atom. The molecule has 3 nitrogen and oxygen atoms in total. The lowest BCUT2D eigenvalue weighted by atomic mass is 10.1. The van der Waals surface area contributed by atoms with Crippen LogP contribution in [0.4, 0.5) is 15.8 Å². The Bertz CT molecular complexity index is 1080. The zero-order valence-corrected chi connectivity index (χ0v) is 14.9. The maximum Gasteiger partial charge on any atom is 0.173 e. The van der Waals surface area contributed by atoms with Crippen LogP contribution < -0.4 is 5.32 Å². The lowest BCUT2D eigenvalue weighted by molar-refractivity contribution is 0.632. The van der Waals surface area contributed by atoms with E-state index in [0.29, 0.717) is 37.9 Å². The van der Waals surface area contributed by atoms with E-state index in [-0.39, 0.29) is 5.69 Å². The van der Waals surface area contributed by atoms with Gasteiger partial charge in [0, 0.05) is 29.0 Å². The molecule has 128 valence electrons. The van der Waals surface area contributed by atoms with Gasteiger partial charge in [0.25, 0.3) is 0 Å². The minimum Gasteiger partial charge on any atom is -0.352 e. The van der Waals surface area contributed by atoms with Gasteiger partial charge in [0.2, 0.25) is 0 Å². The Kier molecular flexibility index (Phi) is 4.45. The third-order valence-electron chi connectivity index (χ3n) is 3.98. The van der Waals surface area contributed by atoms with E-state index in [4.69, 9.17) is 23.2 Å². The van der Waals surface area contributed by atoms with E-state index < -0.39 is 5.82 Å². The number of pyridine rings is 2. The van der Waals surface area contributed by atoms with Gasteiger partial charge in [0.15, 0.2) is 5.82 Å². The number of aromatic nitrogens is 2. The van der Waals surface area contributed by atoms with Crippen LogP contribution in [0.15, 0.2) is 67.0 Å². The van der Waals surface area contributed by atoms with Gasteiger partial charge in [-0.1, -0.05) is 47.5 Å². The molecule has 0 radical (unpaired) electrons. The van der Waals surface area contributed by atoms with Gasteiger partial charge in [-0.3, -0.25) is 4.98 Å². The summed E-state index contributed by atoms with van der Waals surface area (Å²) in [5.74, 6) is -0.518. The first-order chi connectivity index (χ1) is 12.6. The van der Waals surface area contributed by atoms with E-state index in [1.165, 1.54) is 0 Å². The highest BCUT2D eigenvalue weighted by Gasteiger charge is 2.20. The summed E-state index contributed by atoms with van der Waals surface area (Å²) < 4.78 is 15.5. The van der Waals surface area contributed by atoms with E-state index in [9.17, 15) is 0 Å². The van der Waals surface area contributed by atoms with Crippen LogP contribution in [-0.2, 0) is 0 Å². The molecule has 2 aromatic carbocycles. The van der Waals surface area contributed by atoms with Gasteiger partial charge < -0.3 is 5.32 Å². The Hall–Kier alpha value is -2.69. The van der Waals surface area contributed by atoms with Crippen molar-refractivity contribution in [1.29, 1.82) is 0 Å². The molecule has 0 aliphatic carbocycles. The number of nitrogens with zero attached hydrogens (tertiary/aromatic N) is 2. The molecule has 0 saturated heterocycles. The van der Waals surface area contributed by atoms with Crippen molar-refractivity contribution < 1.29 is 4.39 Å². The number of rotatable bonds is 3. The molecule has 6 heteroatoms. The number of hydrogen-bond donors (Lipinski definition) is 1. The van der Waals surface area contributed by atoms with Crippen LogP contribution in [0.1, 0.15) is 0 Å². The van der Waals surface area contributed by atoms with Crippen LogP contribution in [0, 0.1) is 5.82 Å². The second kappa shape index (κ2) is 6.90. The van der Waals surface area contributed by atoms with E-state index in [1.54, 1.807) is 42.7 Å². The van der Waals surface area contributed by atoms with Crippen LogP contribution in [0.5, 0.6) is 0 Å². The number of halogens is 3. The molecule has 0 atom stereocenters. The summed E-state index contributed by atoms with van der Waals surface area (Å²) in [6.45, 7) is 0. The number of benzene rings is 2. The third-order valence-corrected chi connectivity index (χ3v) is 4.61. The summed E-state index contributed by atoms with van der Waals surface area (Å²) in [4.78, 5) is 8.45. The lowest BCUT2D eigenvalue weighted by Crippen LogP contribution is -2.01. The monoisotopic (exact) mass is 383 g/mol. The first-order valence-corrected chi connectivity index (χ1v) is 8.60. The van der Waals surface area contributed by atoms with Crippen molar-refractivity contribution in [1.82, 2.24) is 9.97 Å². The number of fused-ring (bicyclic) bond motifs is 1. The molecule has 0 aliphatic rings.